The Balaban J connectivity index is 2.36. The molecule has 1 atom stereocenters. The Morgan fingerprint density at radius 1 is 1.44 bits per heavy atom. The fourth-order valence-electron chi connectivity index (χ4n) is 1.23. The molecule has 0 aliphatic rings. The van der Waals surface area contributed by atoms with E-state index in [9.17, 15) is 4.79 Å². The molecule has 0 aromatic heterocycles. The average Bonchev–Trinajstić information content (AvgIpc) is 2.30. The number of benzene rings is 1. The van der Waals surface area contributed by atoms with Crippen molar-refractivity contribution in [3.05, 3.63) is 34.9 Å². The van der Waals surface area contributed by atoms with Gasteiger partial charge in [-0.25, -0.2) is 0 Å². The summed E-state index contributed by atoms with van der Waals surface area (Å²) in [6, 6.07) is 7.46. The molecule has 1 rings (SSSR count). The second kappa shape index (κ2) is 6.51. The molecule has 4 heteroatoms. The summed E-state index contributed by atoms with van der Waals surface area (Å²) in [5, 5.41) is 0.674. The van der Waals surface area contributed by atoms with E-state index < -0.39 is 0 Å². The highest BCUT2D eigenvalue weighted by molar-refractivity contribution is 6.31. The maximum atomic E-state index is 11.1. The molecule has 0 heterocycles. The highest BCUT2D eigenvalue weighted by Crippen LogP contribution is 2.16. The number of halogens is 1. The zero-order valence-electron chi connectivity index (χ0n) is 9.40. The van der Waals surface area contributed by atoms with E-state index in [-0.39, 0.29) is 11.9 Å². The minimum Gasteiger partial charge on any atom is -0.469 e. The van der Waals surface area contributed by atoms with Crippen LogP contribution in [0.1, 0.15) is 12.5 Å². The topological polar surface area (TPSA) is 35.5 Å². The molecule has 0 N–H and O–H groups in total. The van der Waals surface area contributed by atoms with Gasteiger partial charge in [-0.1, -0.05) is 29.8 Å². The molecule has 88 valence electrons. The fraction of sp³-hybridized carbons (Fsp3) is 0.417. The van der Waals surface area contributed by atoms with Gasteiger partial charge in [-0.05, 0) is 18.6 Å². The molecular formula is C12H15ClO3. The van der Waals surface area contributed by atoms with E-state index in [0.29, 0.717) is 18.2 Å². The molecule has 1 aromatic carbocycles. The van der Waals surface area contributed by atoms with Crippen LogP contribution in [-0.4, -0.2) is 19.7 Å². The highest BCUT2D eigenvalue weighted by atomic mass is 35.5. The summed E-state index contributed by atoms with van der Waals surface area (Å²) in [5.74, 6) is -0.522. The second-order valence-electron chi connectivity index (χ2n) is 3.53. The molecule has 16 heavy (non-hydrogen) atoms. The van der Waals surface area contributed by atoms with Crippen molar-refractivity contribution in [3.8, 4) is 0 Å². The lowest BCUT2D eigenvalue weighted by Crippen LogP contribution is -2.18. The van der Waals surface area contributed by atoms with E-state index in [4.69, 9.17) is 16.3 Å². The quantitative estimate of drug-likeness (QED) is 0.745. The predicted molar refractivity (Wildman–Crippen MR) is 62.3 cm³/mol. The van der Waals surface area contributed by atoms with E-state index in [1.54, 1.807) is 6.92 Å². The van der Waals surface area contributed by atoms with Gasteiger partial charge in [0.05, 0.1) is 26.2 Å². The molecule has 1 unspecified atom stereocenters. The van der Waals surface area contributed by atoms with Gasteiger partial charge < -0.3 is 9.47 Å². The zero-order chi connectivity index (χ0) is 12.0. The van der Waals surface area contributed by atoms with Crippen molar-refractivity contribution < 1.29 is 14.3 Å². The number of esters is 1. The van der Waals surface area contributed by atoms with Crippen LogP contribution in [0.4, 0.5) is 0 Å². The summed E-state index contributed by atoms with van der Waals surface area (Å²) < 4.78 is 9.99. The van der Waals surface area contributed by atoms with Gasteiger partial charge in [0.15, 0.2) is 0 Å². The van der Waals surface area contributed by atoms with Gasteiger partial charge in [0.2, 0.25) is 0 Å². The largest absolute Gasteiger partial charge is 0.469 e. The Morgan fingerprint density at radius 2 is 2.12 bits per heavy atom. The molecule has 0 aliphatic carbocycles. The number of methoxy groups -OCH3 is 1. The van der Waals surface area contributed by atoms with Crippen molar-refractivity contribution in [1.29, 1.82) is 0 Å². The lowest BCUT2D eigenvalue weighted by molar-refractivity contribution is -0.147. The Kier molecular flexibility index (Phi) is 5.29. The Bertz CT molecular complexity index is 352. The molecule has 0 aliphatic heterocycles. The maximum Gasteiger partial charge on any atom is 0.310 e. The molecule has 1 aromatic rings. The van der Waals surface area contributed by atoms with Gasteiger partial charge >= 0.3 is 5.97 Å². The minimum absolute atomic E-state index is 0.257. The van der Waals surface area contributed by atoms with Crippen molar-refractivity contribution in [3.63, 3.8) is 0 Å². The van der Waals surface area contributed by atoms with E-state index in [1.807, 2.05) is 24.3 Å². The van der Waals surface area contributed by atoms with Crippen LogP contribution in [0.15, 0.2) is 24.3 Å². The first kappa shape index (κ1) is 13.0. The molecule has 0 bridgehead atoms. The highest BCUT2D eigenvalue weighted by Gasteiger charge is 2.13. The number of carbonyl (C=O) groups is 1. The van der Waals surface area contributed by atoms with E-state index in [2.05, 4.69) is 4.74 Å². The summed E-state index contributed by atoms with van der Waals surface area (Å²) in [6.07, 6.45) is 0. The lowest BCUT2D eigenvalue weighted by atomic mass is 10.2. The Hall–Kier alpha value is -1.06. The van der Waals surface area contributed by atoms with Gasteiger partial charge in [-0.2, -0.15) is 0 Å². The van der Waals surface area contributed by atoms with Crippen LogP contribution < -0.4 is 0 Å². The summed E-state index contributed by atoms with van der Waals surface area (Å²) in [4.78, 5) is 11.1. The van der Waals surface area contributed by atoms with Crippen LogP contribution >= 0.6 is 11.6 Å². The van der Waals surface area contributed by atoms with Crippen LogP contribution in [0, 0.1) is 5.92 Å². The number of hydrogen-bond donors (Lipinski definition) is 0. The molecule has 0 spiro atoms. The van der Waals surface area contributed by atoms with Crippen LogP contribution in [0.2, 0.25) is 5.02 Å². The van der Waals surface area contributed by atoms with Crippen molar-refractivity contribution in [2.75, 3.05) is 13.7 Å². The van der Waals surface area contributed by atoms with Crippen molar-refractivity contribution >= 4 is 17.6 Å². The van der Waals surface area contributed by atoms with Crippen molar-refractivity contribution in [1.82, 2.24) is 0 Å². The van der Waals surface area contributed by atoms with Crippen LogP contribution in [0.5, 0.6) is 0 Å². The molecule has 0 saturated heterocycles. The van der Waals surface area contributed by atoms with Gasteiger partial charge in [-0.3, -0.25) is 4.79 Å². The maximum absolute atomic E-state index is 11.1. The normalized spacial score (nSPS) is 12.2. The summed E-state index contributed by atoms with van der Waals surface area (Å²) in [6.45, 7) is 2.50. The summed E-state index contributed by atoms with van der Waals surface area (Å²) in [7, 11) is 1.37. The van der Waals surface area contributed by atoms with Crippen LogP contribution in [-0.2, 0) is 20.9 Å². The van der Waals surface area contributed by atoms with E-state index in [1.165, 1.54) is 7.11 Å². The minimum atomic E-state index is -0.265. The second-order valence-corrected chi connectivity index (χ2v) is 3.94. The Morgan fingerprint density at radius 3 is 2.75 bits per heavy atom. The van der Waals surface area contributed by atoms with Gasteiger partial charge in [0, 0.05) is 5.02 Å². The van der Waals surface area contributed by atoms with E-state index >= 15 is 0 Å². The van der Waals surface area contributed by atoms with Gasteiger partial charge in [-0.15, -0.1) is 0 Å². The first-order valence-electron chi connectivity index (χ1n) is 5.04. The van der Waals surface area contributed by atoms with Crippen molar-refractivity contribution in [2.24, 2.45) is 5.92 Å². The lowest BCUT2D eigenvalue weighted by Gasteiger charge is -2.10. The fourth-order valence-corrected chi connectivity index (χ4v) is 1.42. The number of rotatable bonds is 5. The molecule has 0 fully saturated rings. The molecule has 0 radical (unpaired) electrons. The molecule has 3 nitrogen and oxygen atoms in total. The third kappa shape index (κ3) is 3.83. The number of carbonyl (C=O) groups excluding carboxylic acids is 1. The molecule has 0 amide bonds. The third-order valence-corrected chi connectivity index (χ3v) is 2.56. The smallest absolute Gasteiger partial charge is 0.310 e. The first-order valence-corrected chi connectivity index (χ1v) is 5.42. The molecular weight excluding hydrogens is 228 g/mol. The number of hydrogen-bond acceptors (Lipinski definition) is 3. The zero-order valence-corrected chi connectivity index (χ0v) is 10.2. The standard InChI is InChI=1S/C12H15ClO3/c1-9(12(14)15-2)7-16-8-10-5-3-4-6-11(10)13/h3-6,9H,7-8H2,1-2H3. The number of ether oxygens (including phenoxy) is 2. The first-order chi connectivity index (χ1) is 7.65. The Labute approximate surface area is 100 Å². The summed E-state index contributed by atoms with van der Waals surface area (Å²) >= 11 is 5.96. The molecule has 0 saturated carbocycles. The SMILES string of the molecule is COC(=O)C(C)COCc1ccccc1Cl. The third-order valence-electron chi connectivity index (χ3n) is 2.19. The van der Waals surface area contributed by atoms with Crippen molar-refractivity contribution in [2.45, 2.75) is 13.5 Å². The van der Waals surface area contributed by atoms with Crippen LogP contribution in [0.25, 0.3) is 0 Å². The van der Waals surface area contributed by atoms with Gasteiger partial charge in [0.25, 0.3) is 0 Å². The van der Waals surface area contributed by atoms with Gasteiger partial charge in [0.1, 0.15) is 0 Å². The average molecular weight is 243 g/mol. The predicted octanol–water partition coefficient (Wildman–Crippen LogP) is 2.67. The van der Waals surface area contributed by atoms with E-state index in [0.717, 1.165) is 5.56 Å². The monoisotopic (exact) mass is 242 g/mol. The van der Waals surface area contributed by atoms with Crippen LogP contribution in [0.3, 0.4) is 0 Å². The summed E-state index contributed by atoms with van der Waals surface area (Å²) in [5.41, 5.74) is 0.918.